The second-order valence-corrected chi connectivity index (χ2v) is 9.39. The molecule has 5 heteroatoms. The van der Waals surface area contributed by atoms with E-state index < -0.39 is 0 Å². The third kappa shape index (κ3) is 4.20. The zero-order valence-corrected chi connectivity index (χ0v) is 19.5. The normalized spacial score (nSPS) is 12.0. The first-order valence-corrected chi connectivity index (χ1v) is 11.3. The van der Waals surface area contributed by atoms with E-state index >= 15 is 0 Å². The van der Waals surface area contributed by atoms with Gasteiger partial charge >= 0.3 is 0 Å². The number of aromatic nitrogens is 2. The quantitative estimate of drug-likeness (QED) is 0.246. The summed E-state index contributed by atoms with van der Waals surface area (Å²) in [5.41, 5.74) is 8.98. The Kier molecular flexibility index (Phi) is 5.46. The number of carbonyl (C=O) groups excluding carboxylic acids is 1. The largest absolute Gasteiger partial charge is 0.361 e. The van der Waals surface area contributed by atoms with Gasteiger partial charge in [0.1, 0.15) is 0 Å². The van der Waals surface area contributed by atoms with Crippen LogP contribution in [0.2, 0.25) is 0 Å². The molecule has 0 saturated carbocycles. The predicted octanol–water partition coefficient (Wildman–Crippen LogP) is 6.44. The number of benzene rings is 3. The molecular weight excluding hydrogens is 420 g/mol. The SMILES string of the molecule is CC(C)(C)c1ccc(-c2cc(C(=O)NN=Cc3c[nH]c4ccccc34)c3ccccc3n2)cc1. The number of para-hydroxylation sites is 2. The van der Waals surface area contributed by atoms with E-state index in [1.807, 2.05) is 60.8 Å². The van der Waals surface area contributed by atoms with Crippen molar-refractivity contribution in [1.82, 2.24) is 15.4 Å². The van der Waals surface area contributed by atoms with Crippen LogP contribution in [-0.2, 0) is 5.41 Å². The first-order chi connectivity index (χ1) is 16.4. The molecule has 0 fully saturated rings. The van der Waals surface area contributed by atoms with Gasteiger partial charge in [0.25, 0.3) is 5.91 Å². The molecule has 0 radical (unpaired) electrons. The van der Waals surface area contributed by atoms with E-state index in [2.05, 4.69) is 60.5 Å². The third-order valence-electron chi connectivity index (χ3n) is 6.00. The Bertz CT molecular complexity index is 1520. The fourth-order valence-corrected chi connectivity index (χ4v) is 4.07. The molecule has 2 heterocycles. The number of H-pyrrole nitrogens is 1. The lowest BCUT2D eigenvalue weighted by atomic mass is 9.86. The Labute approximate surface area is 198 Å². The summed E-state index contributed by atoms with van der Waals surface area (Å²) in [6.45, 7) is 6.57. The maximum Gasteiger partial charge on any atom is 0.272 e. The molecule has 0 aliphatic rings. The van der Waals surface area contributed by atoms with Gasteiger partial charge in [-0.25, -0.2) is 10.4 Å². The zero-order chi connectivity index (χ0) is 23.7. The molecule has 5 rings (SSSR count). The standard InChI is InChI=1S/C29H26N4O/c1-29(2,3)21-14-12-19(13-15-21)27-16-24(23-9-5-7-11-26(23)32-27)28(34)33-31-18-20-17-30-25-10-6-4-8-22(20)25/h4-18,30H,1-3H3,(H,33,34). The third-order valence-corrected chi connectivity index (χ3v) is 6.00. The number of hydrazone groups is 1. The Morgan fingerprint density at radius 1 is 0.941 bits per heavy atom. The van der Waals surface area contributed by atoms with Crippen LogP contribution in [0.4, 0.5) is 0 Å². The Hall–Kier alpha value is -4.25. The van der Waals surface area contributed by atoms with Crippen LogP contribution in [0.25, 0.3) is 33.1 Å². The molecule has 34 heavy (non-hydrogen) atoms. The van der Waals surface area contributed by atoms with E-state index in [9.17, 15) is 4.79 Å². The van der Waals surface area contributed by atoms with E-state index in [1.165, 1.54) is 5.56 Å². The fraction of sp³-hybridized carbons (Fsp3) is 0.138. The number of nitrogens with one attached hydrogen (secondary N) is 2. The van der Waals surface area contributed by atoms with E-state index in [4.69, 9.17) is 4.98 Å². The number of pyridine rings is 1. The van der Waals surface area contributed by atoms with Crippen molar-refractivity contribution in [3.05, 3.63) is 102 Å². The molecule has 0 aliphatic heterocycles. The number of carbonyl (C=O) groups is 1. The smallest absolute Gasteiger partial charge is 0.272 e. The highest BCUT2D eigenvalue weighted by molar-refractivity contribution is 6.07. The summed E-state index contributed by atoms with van der Waals surface area (Å²) in [5, 5.41) is 6.06. The average Bonchev–Trinajstić information content (AvgIpc) is 3.26. The summed E-state index contributed by atoms with van der Waals surface area (Å²) in [5.74, 6) is -0.276. The van der Waals surface area contributed by atoms with Crippen molar-refractivity contribution in [2.75, 3.05) is 0 Å². The molecule has 1 amide bonds. The minimum atomic E-state index is -0.276. The zero-order valence-electron chi connectivity index (χ0n) is 19.5. The van der Waals surface area contributed by atoms with Crippen molar-refractivity contribution < 1.29 is 4.79 Å². The molecule has 5 nitrogen and oxygen atoms in total. The van der Waals surface area contributed by atoms with Crippen molar-refractivity contribution in [2.24, 2.45) is 5.10 Å². The summed E-state index contributed by atoms with van der Waals surface area (Å²) >= 11 is 0. The van der Waals surface area contributed by atoms with Crippen LogP contribution < -0.4 is 5.43 Å². The predicted molar refractivity (Wildman–Crippen MR) is 139 cm³/mol. The van der Waals surface area contributed by atoms with E-state index in [1.54, 1.807) is 6.21 Å². The van der Waals surface area contributed by atoms with Gasteiger partial charge in [-0.15, -0.1) is 0 Å². The molecule has 0 atom stereocenters. The van der Waals surface area contributed by atoms with Gasteiger partial charge in [-0.3, -0.25) is 4.79 Å². The molecule has 5 aromatic rings. The Morgan fingerprint density at radius 2 is 1.65 bits per heavy atom. The number of rotatable bonds is 4. The Morgan fingerprint density at radius 3 is 2.41 bits per heavy atom. The van der Waals surface area contributed by atoms with Gasteiger partial charge in [0.2, 0.25) is 0 Å². The second-order valence-electron chi connectivity index (χ2n) is 9.39. The second kappa shape index (κ2) is 8.60. The lowest BCUT2D eigenvalue weighted by molar-refractivity contribution is 0.0956. The van der Waals surface area contributed by atoms with Gasteiger partial charge in [0, 0.05) is 33.6 Å². The van der Waals surface area contributed by atoms with Gasteiger partial charge in [-0.05, 0) is 29.2 Å². The number of hydrogen-bond donors (Lipinski definition) is 2. The average molecular weight is 447 g/mol. The van der Waals surface area contributed by atoms with Gasteiger partial charge < -0.3 is 4.98 Å². The number of hydrogen-bond acceptors (Lipinski definition) is 3. The molecule has 0 saturated heterocycles. The van der Waals surface area contributed by atoms with Gasteiger partial charge in [-0.2, -0.15) is 5.10 Å². The van der Waals surface area contributed by atoms with Crippen LogP contribution in [0.3, 0.4) is 0 Å². The van der Waals surface area contributed by atoms with Crippen molar-refractivity contribution in [1.29, 1.82) is 0 Å². The van der Waals surface area contributed by atoms with Crippen LogP contribution in [0, 0.1) is 0 Å². The van der Waals surface area contributed by atoms with Crippen molar-refractivity contribution >= 4 is 33.9 Å². The highest BCUT2D eigenvalue weighted by Gasteiger charge is 2.16. The van der Waals surface area contributed by atoms with Crippen LogP contribution in [0.1, 0.15) is 42.3 Å². The van der Waals surface area contributed by atoms with Crippen LogP contribution in [-0.4, -0.2) is 22.1 Å². The monoisotopic (exact) mass is 446 g/mol. The highest BCUT2D eigenvalue weighted by atomic mass is 16.2. The van der Waals surface area contributed by atoms with Crippen molar-refractivity contribution in [3.8, 4) is 11.3 Å². The number of aromatic amines is 1. The first-order valence-electron chi connectivity index (χ1n) is 11.3. The highest BCUT2D eigenvalue weighted by Crippen LogP contribution is 2.28. The van der Waals surface area contributed by atoms with E-state index in [-0.39, 0.29) is 11.3 Å². The van der Waals surface area contributed by atoms with Crippen LogP contribution in [0.5, 0.6) is 0 Å². The molecule has 0 aliphatic carbocycles. The van der Waals surface area contributed by atoms with E-state index in [0.29, 0.717) is 5.56 Å². The fourth-order valence-electron chi connectivity index (χ4n) is 4.07. The molecule has 2 aromatic heterocycles. The molecule has 168 valence electrons. The minimum Gasteiger partial charge on any atom is -0.361 e. The van der Waals surface area contributed by atoms with Crippen molar-refractivity contribution in [2.45, 2.75) is 26.2 Å². The molecule has 3 aromatic carbocycles. The summed E-state index contributed by atoms with van der Waals surface area (Å²) in [4.78, 5) is 21.2. The lowest BCUT2D eigenvalue weighted by Crippen LogP contribution is -2.18. The molecule has 2 N–H and O–H groups in total. The summed E-state index contributed by atoms with van der Waals surface area (Å²) in [7, 11) is 0. The minimum absolute atomic E-state index is 0.0726. The van der Waals surface area contributed by atoms with Crippen LogP contribution >= 0.6 is 0 Å². The van der Waals surface area contributed by atoms with Gasteiger partial charge in [0.05, 0.1) is 23.0 Å². The lowest BCUT2D eigenvalue weighted by Gasteiger charge is -2.19. The summed E-state index contributed by atoms with van der Waals surface area (Å²) < 4.78 is 0. The molecular formula is C29H26N4O. The van der Waals surface area contributed by atoms with Crippen molar-refractivity contribution in [3.63, 3.8) is 0 Å². The van der Waals surface area contributed by atoms with Crippen LogP contribution in [0.15, 0.2) is 90.2 Å². The molecule has 0 unspecified atom stereocenters. The number of amides is 1. The molecule has 0 bridgehead atoms. The number of fused-ring (bicyclic) bond motifs is 2. The Balaban J connectivity index is 1.46. The number of nitrogens with zero attached hydrogens (tertiary/aromatic N) is 2. The topological polar surface area (TPSA) is 70.1 Å². The first kappa shape index (κ1) is 21.6. The molecule has 0 spiro atoms. The summed E-state index contributed by atoms with van der Waals surface area (Å²) in [6, 6.07) is 25.9. The van der Waals surface area contributed by atoms with E-state index in [0.717, 1.165) is 38.6 Å². The van der Waals surface area contributed by atoms with Gasteiger partial charge in [-0.1, -0.05) is 81.4 Å². The van der Waals surface area contributed by atoms with Gasteiger partial charge in [0.15, 0.2) is 0 Å². The maximum atomic E-state index is 13.2. The summed E-state index contributed by atoms with van der Waals surface area (Å²) in [6.07, 6.45) is 3.54. The maximum absolute atomic E-state index is 13.2.